The van der Waals surface area contributed by atoms with Crippen molar-refractivity contribution in [3.05, 3.63) is 47.1 Å². The summed E-state index contributed by atoms with van der Waals surface area (Å²) in [6.45, 7) is 6.28. The molecular formula is C15H23Cl2GeZr. The summed E-state index contributed by atoms with van der Waals surface area (Å²) in [4.78, 5) is 0. The smallest absolute Gasteiger partial charge is 1.00 e. The van der Waals surface area contributed by atoms with Gasteiger partial charge >= 0.3 is 53.1 Å². The van der Waals surface area contributed by atoms with Crippen molar-refractivity contribution in [2.24, 2.45) is 0 Å². The van der Waals surface area contributed by atoms with Crippen LogP contribution in [0.4, 0.5) is 0 Å². The van der Waals surface area contributed by atoms with Gasteiger partial charge in [0.1, 0.15) is 0 Å². The fourth-order valence-corrected chi connectivity index (χ4v) is 1.16. The van der Waals surface area contributed by atoms with Gasteiger partial charge < -0.3 is 24.8 Å². The minimum absolute atomic E-state index is 0. The Morgan fingerprint density at radius 3 is 1.63 bits per heavy atom. The van der Waals surface area contributed by atoms with E-state index in [4.69, 9.17) is 0 Å². The molecule has 2 rings (SSSR count). The Kier molecular flexibility index (Phi) is 28.1. The standard InChI is InChI=1S/C7H9.C6H7.C2H7Ge.2ClH.Zr/c1-6-4-3-5-7(6)2;1-6-4-2-3-5-6;1-3-2;;;/h4H,3H2,1-2H3;2,4H,3H2,1H3;3H,1-2H3;2*1H;/q2*-1;;;;+4/p-2. The van der Waals surface area contributed by atoms with E-state index in [1.54, 1.807) is 0 Å². The molecule has 0 saturated carbocycles. The first kappa shape index (κ1) is 28.2. The van der Waals surface area contributed by atoms with Gasteiger partial charge in [0.25, 0.3) is 0 Å². The zero-order valence-corrected chi connectivity index (χ0v) is 18.9. The van der Waals surface area contributed by atoms with Crippen LogP contribution in [0.1, 0.15) is 33.6 Å². The molecule has 0 atom stereocenters. The number of halogens is 2. The predicted molar refractivity (Wildman–Crippen MR) is 75.9 cm³/mol. The molecule has 0 saturated heterocycles. The molecule has 1 radical (unpaired) electrons. The van der Waals surface area contributed by atoms with Crippen molar-refractivity contribution >= 4 is 15.4 Å². The van der Waals surface area contributed by atoms with Gasteiger partial charge in [-0.2, -0.15) is 12.2 Å². The van der Waals surface area contributed by atoms with Gasteiger partial charge in [-0.05, 0) is 0 Å². The van der Waals surface area contributed by atoms with Gasteiger partial charge in [0.2, 0.25) is 0 Å². The molecule has 0 amide bonds. The molecule has 0 N–H and O–H groups in total. The summed E-state index contributed by atoms with van der Waals surface area (Å²) in [5.41, 5.74) is 3.98. The maximum atomic E-state index is 3.19. The van der Waals surface area contributed by atoms with Crippen LogP contribution in [0.25, 0.3) is 0 Å². The number of hydrogen-bond donors (Lipinski definition) is 0. The largest absolute Gasteiger partial charge is 4.00 e. The van der Waals surface area contributed by atoms with Gasteiger partial charge in [0.15, 0.2) is 0 Å². The van der Waals surface area contributed by atoms with E-state index in [0.29, 0.717) is 15.4 Å². The van der Waals surface area contributed by atoms with Crippen molar-refractivity contribution in [1.29, 1.82) is 0 Å². The molecule has 0 nitrogen and oxygen atoms in total. The molecule has 0 aromatic heterocycles. The van der Waals surface area contributed by atoms with Crippen molar-refractivity contribution in [2.45, 2.75) is 45.1 Å². The second-order valence-corrected chi connectivity index (χ2v) is 6.36. The molecule has 0 spiro atoms. The summed E-state index contributed by atoms with van der Waals surface area (Å²) >= 11 is 0.312. The first-order chi connectivity index (χ1) is 7.61. The molecule has 4 heteroatoms. The van der Waals surface area contributed by atoms with Crippen molar-refractivity contribution in [1.82, 2.24) is 0 Å². The Labute approximate surface area is 157 Å². The maximum Gasteiger partial charge on any atom is 4.00 e. The summed E-state index contributed by atoms with van der Waals surface area (Å²) in [6, 6.07) is 0. The second kappa shape index (κ2) is 19.0. The topological polar surface area (TPSA) is 0 Å². The third-order valence-electron chi connectivity index (χ3n) is 2.23. The summed E-state index contributed by atoms with van der Waals surface area (Å²) < 4.78 is 0. The molecule has 0 aliphatic heterocycles. The van der Waals surface area contributed by atoms with Crippen molar-refractivity contribution in [2.75, 3.05) is 0 Å². The van der Waals surface area contributed by atoms with Crippen molar-refractivity contribution in [3.8, 4) is 0 Å². The molecule has 0 bridgehead atoms. The van der Waals surface area contributed by atoms with Crippen LogP contribution in [0.15, 0.2) is 34.9 Å². The Balaban J connectivity index is -0.0000000877. The van der Waals surface area contributed by atoms with Crippen LogP contribution >= 0.6 is 0 Å². The monoisotopic (exact) mass is 437 g/mol. The van der Waals surface area contributed by atoms with E-state index in [-0.39, 0.29) is 51.0 Å². The number of hydrogen-bond acceptors (Lipinski definition) is 0. The summed E-state index contributed by atoms with van der Waals surface area (Å²) in [5.74, 6) is 4.56. The number of allylic oxidation sites excluding steroid dienone is 8. The Hall–Kier alpha value is 0.966. The minimum Gasteiger partial charge on any atom is -1.00 e. The van der Waals surface area contributed by atoms with E-state index in [0.717, 1.165) is 12.8 Å². The zero-order chi connectivity index (χ0) is 12.4. The number of rotatable bonds is 0. The van der Waals surface area contributed by atoms with E-state index in [9.17, 15) is 0 Å². The fourth-order valence-electron chi connectivity index (χ4n) is 1.16. The molecule has 0 aromatic rings. The minimum atomic E-state index is 0. The summed E-state index contributed by atoms with van der Waals surface area (Å²) in [7, 11) is 0. The van der Waals surface area contributed by atoms with Crippen molar-refractivity contribution in [3.63, 3.8) is 0 Å². The van der Waals surface area contributed by atoms with Crippen LogP contribution in [0.3, 0.4) is 0 Å². The van der Waals surface area contributed by atoms with Gasteiger partial charge in [0, 0.05) is 0 Å². The van der Waals surface area contributed by atoms with Gasteiger partial charge in [-0.15, -0.1) is 19.8 Å². The molecule has 0 fully saturated rings. The molecule has 2 aliphatic carbocycles. The van der Waals surface area contributed by atoms with E-state index in [1.165, 1.54) is 16.7 Å². The predicted octanol–water partition coefficient (Wildman–Crippen LogP) is -1.69. The van der Waals surface area contributed by atoms with Crippen molar-refractivity contribution < 1.29 is 51.0 Å². The van der Waals surface area contributed by atoms with Gasteiger partial charge in [0.05, 0.1) is 0 Å². The molecule has 105 valence electrons. The second-order valence-electron chi connectivity index (χ2n) is 3.94. The van der Waals surface area contributed by atoms with E-state index >= 15 is 0 Å². The fraction of sp³-hybridized carbons (Fsp3) is 0.467. The average molecular weight is 438 g/mol. The maximum absolute atomic E-state index is 3.19. The van der Waals surface area contributed by atoms with Crippen LogP contribution in [-0.2, 0) is 26.2 Å². The molecular weight excluding hydrogens is 415 g/mol. The van der Waals surface area contributed by atoms with Gasteiger partial charge in [-0.1, -0.05) is 13.8 Å². The average Bonchev–Trinajstić information content (AvgIpc) is 2.83. The Bertz CT molecular complexity index is 299. The quantitative estimate of drug-likeness (QED) is 0.313. The Morgan fingerprint density at radius 1 is 1.00 bits per heavy atom. The van der Waals surface area contributed by atoms with E-state index in [2.05, 4.69) is 62.7 Å². The SMILES string of the molecule is CC1=[C-]CC=C1.CC1=[C-]CC=C1C.[CH3][GeH][CH3].[Cl-].[Cl-].[Zr+4]. The van der Waals surface area contributed by atoms with Crippen LogP contribution < -0.4 is 24.8 Å². The van der Waals surface area contributed by atoms with Crippen LogP contribution in [0.5, 0.6) is 0 Å². The molecule has 0 heterocycles. The van der Waals surface area contributed by atoms with Gasteiger partial charge in [-0.3, -0.25) is 12.2 Å². The zero-order valence-electron chi connectivity index (χ0n) is 12.5. The van der Waals surface area contributed by atoms with Crippen LogP contribution in [0.2, 0.25) is 11.5 Å². The summed E-state index contributed by atoms with van der Waals surface area (Å²) in [5, 5.41) is 0. The third kappa shape index (κ3) is 16.9. The van der Waals surface area contributed by atoms with Gasteiger partial charge in [-0.25, -0.2) is 22.8 Å². The Morgan fingerprint density at radius 2 is 1.53 bits per heavy atom. The first-order valence-corrected chi connectivity index (χ1v) is 10.7. The molecule has 0 aromatic carbocycles. The first-order valence-electron chi connectivity index (χ1n) is 5.84. The van der Waals surface area contributed by atoms with E-state index in [1.807, 2.05) is 0 Å². The van der Waals surface area contributed by atoms with Crippen LogP contribution in [0, 0.1) is 12.2 Å². The molecule has 2 aliphatic rings. The molecule has 19 heavy (non-hydrogen) atoms. The molecule has 0 unspecified atom stereocenters. The third-order valence-corrected chi connectivity index (χ3v) is 2.23. The van der Waals surface area contributed by atoms with Crippen LogP contribution in [-0.4, -0.2) is 15.4 Å². The normalized spacial score (nSPS) is 13.8. The summed E-state index contributed by atoms with van der Waals surface area (Å²) in [6.07, 6.45) is 14.7. The van der Waals surface area contributed by atoms with E-state index < -0.39 is 0 Å².